The summed E-state index contributed by atoms with van der Waals surface area (Å²) in [6.07, 6.45) is 1.12. The quantitative estimate of drug-likeness (QED) is 0.670. The van der Waals surface area contributed by atoms with Crippen LogP contribution in [0.2, 0.25) is 5.02 Å². The first-order chi connectivity index (χ1) is 14.5. The fourth-order valence-corrected chi connectivity index (χ4v) is 5.40. The molecule has 1 N–H and O–H groups in total. The number of rotatable bonds is 6. The van der Waals surface area contributed by atoms with Gasteiger partial charge in [0.15, 0.2) is 9.84 Å². The van der Waals surface area contributed by atoms with Crippen LogP contribution >= 0.6 is 11.6 Å². The normalized spacial score (nSPS) is 16.6. The van der Waals surface area contributed by atoms with Gasteiger partial charge in [-0.05, 0) is 42.8 Å². The first-order valence-corrected chi connectivity index (χ1v) is 13.2. The van der Waals surface area contributed by atoms with Gasteiger partial charge in [0.05, 0.1) is 39.6 Å². The number of halogens is 1. The van der Waals surface area contributed by atoms with E-state index in [0.29, 0.717) is 18.8 Å². The van der Waals surface area contributed by atoms with E-state index < -0.39 is 31.8 Å². The van der Waals surface area contributed by atoms with E-state index in [4.69, 9.17) is 16.3 Å². The third-order valence-corrected chi connectivity index (χ3v) is 8.30. The molecule has 1 atom stereocenters. The van der Waals surface area contributed by atoms with Crippen molar-refractivity contribution in [3.63, 3.8) is 0 Å². The number of sulfonamides is 1. The Labute approximate surface area is 187 Å². The molecule has 1 aliphatic heterocycles. The molecule has 0 bridgehead atoms. The van der Waals surface area contributed by atoms with E-state index in [-0.39, 0.29) is 33.5 Å². The van der Waals surface area contributed by atoms with Crippen LogP contribution < -0.4 is 5.32 Å². The Bertz CT molecular complexity index is 1170. The lowest BCUT2D eigenvalue weighted by atomic mass is 10.1. The third kappa shape index (κ3) is 5.45. The topological polar surface area (TPSA) is 110 Å². The SMILES string of the molecule is C[C@H](NC(=O)c1cc(S(=O)(=O)N2CCOCC2)ccc1Cl)c1ccc(S(C)(=O)=O)cc1. The molecule has 8 nitrogen and oxygen atoms in total. The Morgan fingerprint density at radius 2 is 1.61 bits per heavy atom. The maximum atomic E-state index is 12.9. The van der Waals surface area contributed by atoms with E-state index in [2.05, 4.69) is 5.32 Å². The zero-order valence-electron chi connectivity index (χ0n) is 17.0. The summed E-state index contributed by atoms with van der Waals surface area (Å²) >= 11 is 6.17. The number of carbonyl (C=O) groups excluding carboxylic acids is 1. The van der Waals surface area contributed by atoms with Crippen molar-refractivity contribution in [2.75, 3.05) is 32.6 Å². The van der Waals surface area contributed by atoms with Crippen molar-refractivity contribution in [3.05, 3.63) is 58.6 Å². The highest BCUT2D eigenvalue weighted by atomic mass is 35.5. The van der Waals surface area contributed by atoms with Crippen LogP contribution in [0.25, 0.3) is 0 Å². The minimum absolute atomic E-state index is 0.0193. The number of hydrogen-bond acceptors (Lipinski definition) is 6. The highest BCUT2D eigenvalue weighted by Crippen LogP contribution is 2.25. The number of amides is 1. The second-order valence-corrected chi connectivity index (χ2v) is 11.6. The van der Waals surface area contributed by atoms with Gasteiger partial charge in [-0.25, -0.2) is 16.8 Å². The Hall–Kier alpha value is -1.98. The summed E-state index contributed by atoms with van der Waals surface area (Å²) in [4.78, 5) is 13.0. The number of morpholine rings is 1. The van der Waals surface area contributed by atoms with Gasteiger partial charge in [-0.15, -0.1) is 0 Å². The summed E-state index contributed by atoms with van der Waals surface area (Å²) in [7, 11) is -7.10. The predicted molar refractivity (Wildman–Crippen MR) is 116 cm³/mol. The monoisotopic (exact) mass is 486 g/mol. The molecule has 2 aromatic carbocycles. The Morgan fingerprint density at radius 1 is 1.03 bits per heavy atom. The van der Waals surface area contributed by atoms with Gasteiger partial charge in [0.25, 0.3) is 5.91 Å². The van der Waals surface area contributed by atoms with Crippen LogP contribution in [0.3, 0.4) is 0 Å². The molecule has 31 heavy (non-hydrogen) atoms. The van der Waals surface area contributed by atoms with Crippen molar-refractivity contribution in [1.82, 2.24) is 9.62 Å². The molecule has 1 aliphatic rings. The fourth-order valence-electron chi connectivity index (χ4n) is 3.14. The van der Waals surface area contributed by atoms with E-state index in [0.717, 1.165) is 6.26 Å². The molecule has 1 saturated heterocycles. The summed E-state index contributed by atoms with van der Waals surface area (Å²) in [6, 6.07) is 9.72. The summed E-state index contributed by atoms with van der Waals surface area (Å²) in [5.74, 6) is -0.538. The minimum atomic E-state index is -3.78. The number of carbonyl (C=O) groups is 1. The van der Waals surface area contributed by atoms with Crippen LogP contribution in [0.4, 0.5) is 0 Å². The van der Waals surface area contributed by atoms with E-state index in [1.807, 2.05) is 0 Å². The maximum absolute atomic E-state index is 12.9. The molecule has 0 unspecified atom stereocenters. The molecular weight excluding hydrogens is 464 g/mol. The number of sulfone groups is 1. The van der Waals surface area contributed by atoms with Crippen LogP contribution in [-0.2, 0) is 24.6 Å². The predicted octanol–water partition coefficient (Wildman–Crippen LogP) is 2.26. The van der Waals surface area contributed by atoms with E-state index in [9.17, 15) is 21.6 Å². The van der Waals surface area contributed by atoms with Crippen molar-refractivity contribution < 1.29 is 26.4 Å². The largest absolute Gasteiger partial charge is 0.379 e. The molecule has 11 heteroatoms. The molecule has 3 rings (SSSR count). The van der Waals surface area contributed by atoms with Gasteiger partial charge >= 0.3 is 0 Å². The van der Waals surface area contributed by atoms with Gasteiger partial charge in [0, 0.05) is 19.3 Å². The summed E-state index contributed by atoms with van der Waals surface area (Å²) in [5, 5.41) is 2.89. The van der Waals surface area contributed by atoms with Gasteiger partial charge in [-0.1, -0.05) is 23.7 Å². The van der Waals surface area contributed by atoms with Gasteiger partial charge in [0.2, 0.25) is 10.0 Å². The number of nitrogens with one attached hydrogen (secondary N) is 1. The lowest BCUT2D eigenvalue weighted by Gasteiger charge is -2.26. The Morgan fingerprint density at radius 3 is 2.19 bits per heavy atom. The molecule has 0 radical (unpaired) electrons. The van der Waals surface area contributed by atoms with Crippen molar-refractivity contribution in [2.24, 2.45) is 0 Å². The average Bonchev–Trinajstić information content (AvgIpc) is 2.74. The number of ether oxygens (including phenoxy) is 1. The molecule has 168 valence electrons. The number of benzene rings is 2. The van der Waals surface area contributed by atoms with Gasteiger partial charge < -0.3 is 10.1 Å². The maximum Gasteiger partial charge on any atom is 0.253 e. The molecular formula is C20H23ClN2O6S2. The van der Waals surface area contributed by atoms with Gasteiger partial charge in [-0.3, -0.25) is 4.79 Å². The summed E-state index contributed by atoms with van der Waals surface area (Å²) in [5.41, 5.74) is 0.726. The molecule has 1 heterocycles. The lowest BCUT2D eigenvalue weighted by Crippen LogP contribution is -2.40. The van der Waals surface area contributed by atoms with E-state index in [1.165, 1.54) is 34.6 Å². The van der Waals surface area contributed by atoms with Crippen LogP contribution in [0.5, 0.6) is 0 Å². The molecule has 2 aromatic rings. The second-order valence-electron chi connectivity index (χ2n) is 7.19. The van der Waals surface area contributed by atoms with Crippen LogP contribution in [-0.4, -0.2) is 59.6 Å². The lowest BCUT2D eigenvalue weighted by molar-refractivity contribution is 0.0730. The zero-order valence-corrected chi connectivity index (χ0v) is 19.4. The Balaban J connectivity index is 1.80. The van der Waals surface area contributed by atoms with Crippen LogP contribution in [0.1, 0.15) is 28.9 Å². The summed E-state index contributed by atoms with van der Waals surface area (Å²) in [6.45, 7) is 2.85. The van der Waals surface area contributed by atoms with Crippen molar-refractivity contribution in [2.45, 2.75) is 22.8 Å². The number of nitrogens with zero attached hydrogens (tertiary/aromatic N) is 1. The van der Waals surface area contributed by atoms with E-state index >= 15 is 0 Å². The third-order valence-electron chi connectivity index (χ3n) is 4.95. The average molecular weight is 487 g/mol. The van der Waals surface area contributed by atoms with Gasteiger partial charge in [-0.2, -0.15) is 4.31 Å². The first-order valence-electron chi connectivity index (χ1n) is 9.48. The minimum Gasteiger partial charge on any atom is -0.379 e. The Kier molecular flexibility index (Phi) is 7.07. The molecule has 1 fully saturated rings. The second kappa shape index (κ2) is 9.25. The highest BCUT2D eigenvalue weighted by molar-refractivity contribution is 7.90. The smallest absolute Gasteiger partial charge is 0.253 e. The zero-order chi connectivity index (χ0) is 22.8. The molecule has 0 spiro atoms. The molecule has 0 saturated carbocycles. The first kappa shape index (κ1) is 23.7. The van der Waals surface area contributed by atoms with Crippen LogP contribution in [0, 0.1) is 0 Å². The van der Waals surface area contributed by atoms with E-state index in [1.54, 1.807) is 19.1 Å². The van der Waals surface area contributed by atoms with Crippen molar-refractivity contribution in [3.8, 4) is 0 Å². The van der Waals surface area contributed by atoms with Crippen LogP contribution in [0.15, 0.2) is 52.3 Å². The van der Waals surface area contributed by atoms with Crippen molar-refractivity contribution in [1.29, 1.82) is 0 Å². The van der Waals surface area contributed by atoms with Crippen molar-refractivity contribution >= 4 is 37.4 Å². The molecule has 0 aromatic heterocycles. The summed E-state index contributed by atoms with van der Waals surface area (Å²) < 4.78 is 55.5. The number of hydrogen-bond donors (Lipinski definition) is 1. The van der Waals surface area contributed by atoms with Gasteiger partial charge in [0.1, 0.15) is 0 Å². The molecule has 0 aliphatic carbocycles. The highest BCUT2D eigenvalue weighted by Gasteiger charge is 2.28. The standard InChI is InChI=1S/C20H23ClN2O6S2/c1-14(15-3-5-16(6-4-15)30(2,25)26)22-20(24)18-13-17(7-8-19(18)21)31(27,28)23-9-11-29-12-10-23/h3-8,13-14H,9-12H2,1-2H3,(H,22,24)/t14-/m0/s1. The fraction of sp³-hybridized carbons (Fsp3) is 0.350. The molecule has 1 amide bonds.